The number of nitro benzene ring substituents is 1. The number of benzene rings is 2. The van der Waals surface area contributed by atoms with Gasteiger partial charge in [-0.1, -0.05) is 35.8 Å². The lowest BCUT2D eigenvalue weighted by Crippen LogP contribution is -2.22. The molecule has 3 rings (SSSR count). The Bertz CT molecular complexity index is 1210. The van der Waals surface area contributed by atoms with Gasteiger partial charge in [-0.25, -0.2) is 4.98 Å². The van der Waals surface area contributed by atoms with Crippen molar-refractivity contribution in [1.82, 2.24) is 9.66 Å². The van der Waals surface area contributed by atoms with Gasteiger partial charge in [0.1, 0.15) is 5.82 Å². The molecule has 8 nitrogen and oxygen atoms in total. The van der Waals surface area contributed by atoms with Crippen LogP contribution in [0.5, 0.6) is 5.75 Å². The van der Waals surface area contributed by atoms with Crippen molar-refractivity contribution in [3.8, 4) is 5.75 Å². The molecule has 0 amide bonds. The van der Waals surface area contributed by atoms with Gasteiger partial charge in [0.15, 0.2) is 0 Å². The monoisotopic (exact) mass is 486 g/mol. The van der Waals surface area contributed by atoms with Gasteiger partial charge in [-0.15, -0.1) is 0 Å². The Morgan fingerprint density at radius 1 is 1.32 bits per heavy atom. The number of hydrogen-bond acceptors (Lipinski definition) is 6. The van der Waals surface area contributed by atoms with Crippen molar-refractivity contribution in [2.45, 2.75) is 46.1 Å². The second-order valence-electron chi connectivity index (χ2n) is 7.09. The molecule has 1 atom stereocenters. The first-order chi connectivity index (χ1) is 14.8. The fourth-order valence-electron chi connectivity index (χ4n) is 3.02. The minimum atomic E-state index is -0.487. The number of para-hydroxylation sites is 1. The lowest BCUT2D eigenvalue weighted by molar-refractivity contribution is -0.386. The van der Waals surface area contributed by atoms with Crippen LogP contribution >= 0.6 is 15.9 Å². The molecule has 0 saturated carbocycles. The summed E-state index contributed by atoms with van der Waals surface area (Å²) < 4.78 is 7.85. The van der Waals surface area contributed by atoms with Gasteiger partial charge < -0.3 is 4.74 Å². The fourth-order valence-corrected chi connectivity index (χ4v) is 3.38. The van der Waals surface area contributed by atoms with Gasteiger partial charge in [0.05, 0.1) is 28.1 Å². The van der Waals surface area contributed by atoms with E-state index in [1.54, 1.807) is 24.3 Å². The molecule has 1 aromatic heterocycles. The third-order valence-corrected chi connectivity index (χ3v) is 5.27. The second kappa shape index (κ2) is 9.82. The topological polar surface area (TPSA) is 99.6 Å². The first kappa shape index (κ1) is 22.6. The predicted molar refractivity (Wildman–Crippen MR) is 124 cm³/mol. The van der Waals surface area contributed by atoms with E-state index >= 15 is 0 Å². The van der Waals surface area contributed by atoms with E-state index in [1.165, 1.54) is 17.0 Å². The van der Waals surface area contributed by atoms with E-state index in [2.05, 4.69) is 26.0 Å². The molecule has 2 aromatic carbocycles. The zero-order chi connectivity index (χ0) is 22.5. The van der Waals surface area contributed by atoms with Crippen LogP contribution in [0.15, 0.2) is 50.8 Å². The van der Waals surface area contributed by atoms with Gasteiger partial charge in [0.2, 0.25) is 5.75 Å². The fraction of sp³-hybridized carbons (Fsp3) is 0.318. The lowest BCUT2D eigenvalue weighted by Gasteiger charge is -2.14. The summed E-state index contributed by atoms with van der Waals surface area (Å²) in [6.45, 7) is 5.76. The number of rotatable bonds is 8. The molecule has 0 fully saturated rings. The van der Waals surface area contributed by atoms with Gasteiger partial charge >= 0.3 is 5.69 Å². The molecule has 1 heterocycles. The standard InChI is InChI=1S/C22H23BrN4O4/c1-4-7-20-25-18-11-10-16(23)12-17(18)22(28)26(20)24-13-15-8-6-9-19(27(29)30)21(15)31-14(3)5-2/h6,8-14H,4-5,7H2,1-3H3/t14-/m0/s1. The van der Waals surface area contributed by atoms with Gasteiger partial charge in [-0.3, -0.25) is 14.9 Å². The molecule has 31 heavy (non-hydrogen) atoms. The van der Waals surface area contributed by atoms with Crippen LogP contribution in [0.25, 0.3) is 10.9 Å². The molecule has 0 spiro atoms. The first-order valence-corrected chi connectivity index (χ1v) is 10.8. The molecular weight excluding hydrogens is 464 g/mol. The molecular formula is C22H23BrN4O4. The van der Waals surface area contributed by atoms with E-state index in [0.29, 0.717) is 35.1 Å². The van der Waals surface area contributed by atoms with Crippen LogP contribution in [-0.2, 0) is 6.42 Å². The summed E-state index contributed by atoms with van der Waals surface area (Å²) in [6.07, 6.45) is 3.22. The molecule has 0 bridgehead atoms. The van der Waals surface area contributed by atoms with Crippen LogP contribution in [-0.4, -0.2) is 26.9 Å². The van der Waals surface area contributed by atoms with E-state index in [4.69, 9.17) is 4.74 Å². The summed E-state index contributed by atoms with van der Waals surface area (Å²) in [5.41, 5.74) is 0.559. The van der Waals surface area contributed by atoms with Crippen molar-refractivity contribution in [3.05, 3.63) is 72.7 Å². The molecule has 0 aliphatic carbocycles. The summed E-state index contributed by atoms with van der Waals surface area (Å²) in [7, 11) is 0. The Morgan fingerprint density at radius 2 is 2.10 bits per heavy atom. The number of ether oxygens (including phenoxy) is 1. The maximum Gasteiger partial charge on any atom is 0.311 e. The van der Waals surface area contributed by atoms with Crippen molar-refractivity contribution in [2.24, 2.45) is 5.10 Å². The number of fused-ring (bicyclic) bond motifs is 1. The number of nitro groups is 1. The van der Waals surface area contributed by atoms with Crippen molar-refractivity contribution >= 4 is 38.7 Å². The molecule has 0 N–H and O–H groups in total. The highest BCUT2D eigenvalue weighted by Gasteiger charge is 2.20. The zero-order valence-corrected chi connectivity index (χ0v) is 19.1. The normalized spacial score (nSPS) is 12.4. The highest BCUT2D eigenvalue weighted by atomic mass is 79.9. The van der Waals surface area contributed by atoms with Crippen molar-refractivity contribution in [1.29, 1.82) is 0 Å². The molecule has 0 saturated heterocycles. The Kier molecular flexibility index (Phi) is 7.17. The summed E-state index contributed by atoms with van der Waals surface area (Å²) in [5.74, 6) is 0.653. The van der Waals surface area contributed by atoms with E-state index < -0.39 is 4.92 Å². The van der Waals surface area contributed by atoms with E-state index in [0.717, 1.165) is 10.9 Å². The third kappa shape index (κ3) is 4.99. The highest BCUT2D eigenvalue weighted by Crippen LogP contribution is 2.31. The Hall–Kier alpha value is -3.07. The summed E-state index contributed by atoms with van der Waals surface area (Å²) in [4.78, 5) is 28.7. The van der Waals surface area contributed by atoms with Crippen molar-refractivity contribution in [3.63, 3.8) is 0 Å². The molecule has 0 aliphatic heterocycles. The minimum Gasteiger partial charge on any atom is -0.483 e. The van der Waals surface area contributed by atoms with Crippen LogP contribution in [0.1, 0.15) is 45.0 Å². The van der Waals surface area contributed by atoms with Crippen LogP contribution < -0.4 is 10.3 Å². The van der Waals surface area contributed by atoms with Crippen LogP contribution in [0.4, 0.5) is 5.69 Å². The molecule has 0 radical (unpaired) electrons. The number of aromatic nitrogens is 2. The summed E-state index contributed by atoms with van der Waals surface area (Å²) in [6, 6.07) is 9.95. The zero-order valence-electron chi connectivity index (χ0n) is 17.5. The largest absolute Gasteiger partial charge is 0.483 e. The maximum absolute atomic E-state index is 13.1. The van der Waals surface area contributed by atoms with E-state index in [-0.39, 0.29) is 23.1 Å². The Morgan fingerprint density at radius 3 is 2.77 bits per heavy atom. The Labute approximate surface area is 187 Å². The van der Waals surface area contributed by atoms with Crippen LogP contribution in [0.3, 0.4) is 0 Å². The molecule has 9 heteroatoms. The summed E-state index contributed by atoms with van der Waals surface area (Å²) in [5, 5.41) is 16.3. The smallest absolute Gasteiger partial charge is 0.311 e. The van der Waals surface area contributed by atoms with Crippen molar-refractivity contribution < 1.29 is 9.66 Å². The summed E-state index contributed by atoms with van der Waals surface area (Å²) >= 11 is 3.38. The number of halogens is 1. The average molecular weight is 487 g/mol. The highest BCUT2D eigenvalue weighted by molar-refractivity contribution is 9.10. The van der Waals surface area contributed by atoms with Gasteiger partial charge in [0.25, 0.3) is 5.56 Å². The number of nitrogens with zero attached hydrogens (tertiary/aromatic N) is 4. The quantitative estimate of drug-likeness (QED) is 0.251. The number of hydrogen-bond donors (Lipinski definition) is 0. The molecule has 0 aliphatic rings. The maximum atomic E-state index is 13.1. The third-order valence-electron chi connectivity index (χ3n) is 4.78. The van der Waals surface area contributed by atoms with E-state index in [9.17, 15) is 14.9 Å². The average Bonchev–Trinajstić information content (AvgIpc) is 2.74. The minimum absolute atomic E-state index is 0.132. The number of aryl methyl sites for hydroxylation is 1. The Balaban J connectivity index is 2.16. The van der Waals surface area contributed by atoms with Gasteiger partial charge in [0, 0.05) is 22.5 Å². The van der Waals surface area contributed by atoms with Gasteiger partial charge in [-0.05, 0) is 44.0 Å². The second-order valence-corrected chi connectivity index (χ2v) is 8.01. The lowest BCUT2D eigenvalue weighted by atomic mass is 10.2. The van der Waals surface area contributed by atoms with E-state index in [1.807, 2.05) is 26.8 Å². The van der Waals surface area contributed by atoms with Crippen LogP contribution in [0, 0.1) is 10.1 Å². The van der Waals surface area contributed by atoms with Gasteiger partial charge in [-0.2, -0.15) is 9.78 Å². The van der Waals surface area contributed by atoms with Crippen molar-refractivity contribution in [2.75, 3.05) is 0 Å². The van der Waals surface area contributed by atoms with Crippen LogP contribution in [0.2, 0.25) is 0 Å². The molecule has 3 aromatic rings. The first-order valence-electron chi connectivity index (χ1n) is 10.0. The SMILES string of the molecule is CCCc1nc2ccc(Br)cc2c(=O)n1N=Cc1cccc([N+](=O)[O-])c1O[C@@H](C)CC. The molecule has 0 unspecified atom stereocenters. The predicted octanol–water partition coefficient (Wildman–Crippen LogP) is 5.08. The molecule has 162 valence electrons.